The lowest BCUT2D eigenvalue weighted by molar-refractivity contribution is 0.0997. The summed E-state index contributed by atoms with van der Waals surface area (Å²) in [5.41, 5.74) is 3.82. The van der Waals surface area contributed by atoms with Gasteiger partial charge >= 0.3 is 0 Å². The van der Waals surface area contributed by atoms with E-state index >= 15 is 0 Å². The third kappa shape index (κ3) is 4.12. The van der Waals surface area contributed by atoms with E-state index in [9.17, 15) is 13.2 Å². The van der Waals surface area contributed by atoms with Crippen LogP contribution in [0, 0.1) is 13.8 Å². The van der Waals surface area contributed by atoms with E-state index < -0.39 is 15.9 Å². The van der Waals surface area contributed by atoms with Gasteiger partial charge in [-0.3, -0.25) is 4.79 Å². The summed E-state index contributed by atoms with van der Waals surface area (Å²) >= 11 is 1.48. The van der Waals surface area contributed by atoms with E-state index in [1.54, 1.807) is 7.05 Å². The van der Waals surface area contributed by atoms with E-state index in [1.165, 1.54) is 51.0 Å². The van der Waals surface area contributed by atoms with Crippen LogP contribution in [0.25, 0.3) is 10.2 Å². The molecule has 0 atom stereocenters. The number of sulfonamides is 1. The van der Waals surface area contributed by atoms with Gasteiger partial charge in [0.15, 0.2) is 4.80 Å². The van der Waals surface area contributed by atoms with E-state index in [0.29, 0.717) is 16.9 Å². The molecule has 0 saturated heterocycles. The molecular formula is C22H27N3O3S2. The molecule has 3 aromatic rings. The second-order valence-electron chi connectivity index (χ2n) is 7.59. The zero-order valence-electron chi connectivity index (χ0n) is 18.1. The maximum atomic E-state index is 12.8. The molecule has 0 aliphatic carbocycles. The van der Waals surface area contributed by atoms with Crippen LogP contribution in [0.1, 0.15) is 42.3 Å². The third-order valence-corrected chi connectivity index (χ3v) is 8.41. The van der Waals surface area contributed by atoms with E-state index in [4.69, 9.17) is 0 Å². The van der Waals surface area contributed by atoms with Crippen LogP contribution in [0.3, 0.4) is 0 Å². The Kier molecular flexibility index (Phi) is 6.31. The number of fused-ring (bicyclic) bond motifs is 1. The van der Waals surface area contributed by atoms with Crippen LogP contribution in [-0.2, 0) is 16.6 Å². The molecule has 8 heteroatoms. The van der Waals surface area contributed by atoms with Gasteiger partial charge in [0.05, 0.1) is 15.1 Å². The summed E-state index contributed by atoms with van der Waals surface area (Å²) in [6.07, 6.45) is 0. The molecule has 0 aliphatic rings. The topological polar surface area (TPSA) is 71.7 Å². The van der Waals surface area contributed by atoms with Gasteiger partial charge in [0, 0.05) is 25.2 Å². The normalized spacial score (nSPS) is 13.0. The maximum Gasteiger partial charge on any atom is 0.279 e. The Labute approximate surface area is 181 Å². The highest BCUT2D eigenvalue weighted by Gasteiger charge is 2.23. The minimum atomic E-state index is -3.59. The smallest absolute Gasteiger partial charge is 0.279 e. The van der Waals surface area contributed by atoms with Gasteiger partial charge in [-0.1, -0.05) is 11.3 Å². The number of hydrogen-bond acceptors (Lipinski definition) is 4. The fourth-order valence-electron chi connectivity index (χ4n) is 3.08. The van der Waals surface area contributed by atoms with E-state index in [-0.39, 0.29) is 10.9 Å². The largest absolute Gasteiger partial charge is 0.317 e. The van der Waals surface area contributed by atoms with Crippen molar-refractivity contribution < 1.29 is 13.2 Å². The summed E-state index contributed by atoms with van der Waals surface area (Å²) in [4.78, 5) is 17.9. The molecule has 30 heavy (non-hydrogen) atoms. The molecule has 0 saturated carbocycles. The summed E-state index contributed by atoms with van der Waals surface area (Å²) in [6, 6.07) is 10.0. The van der Waals surface area contributed by atoms with Crippen LogP contribution in [0.15, 0.2) is 46.3 Å². The van der Waals surface area contributed by atoms with Crippen LogP contribution in [0.4, 0.5) is 0 Å². The highest BCUT2D eigenvalue weighted by molar-refractivity contribution is 7.89. The summed E-state index contributed by atoms with van der Waals surface area (Å²) in [5, 5.41) is 0. The quantitative estimate of drug-likeness (QED) is 0.593. The summed E-state index contributed by atoms with van der Waals surface area (Å²) in [7, 11) is -2.04. The van der Waals surface area contributed by atoms with Gasteiger partial charge in [0.25, 0.3) is 5.91 Å². The number of carbonyl (C=O) groups excluding carboxylic acids is 1. The molecule has 0 unspecified atom stereocenters. The van der Waals surface area contributed by atoms with E-state index in [1.807, 2.05) is 25.3 Å². The third-order valence-electron chi connectivity index (χ3n) is 5.32. The van der Waals surface area contributed by atoms with Crippen molar-refractivity contribution in [3.63, 3.8) is 0 Å². The number of aryl methyl sites for hydroxylation is 3. The summed E-state index contributed by atoms with van der Waals surface area (Å²) < 4.78 is 29.6. The Bertz CT molecular complexity index is 1270. The number of benzene rings is 2. The maximum absolute atomic E-state index is 12.8. The number of amides is 1. The molecule has 160 valence electrons. The van der Waals surface area contributed by atoms with E-state index in [2.05, 4.69) is 31.0 Å². The van der Waals surface area contributed by atoms with Crippen LogP contribution >= 0.6 is 11.3 Å². The van der Waals surface area contributed by atoms with Gasteiger partial charge in [-0.25, -0.2) is 8.42 Å². The Morgan fingerprint density at radius 1 is 1.13 bits per heavy atom. The Morgan fingerprint density at radius 2 is 1.73 bits per heavy atom. The van der Waals surface area contributed by atoms with Crippen LogP contribution in [0.5, 0.6) is 0 Å². The first-order valence-electron chi connectivity index (χ1n) is 9.84. The SMILES string of the molecule is CCn1c(=NC(=O)c2ccc(S(=O)(=O)N(C)C(C)C)cc2)sc2cc(C)c(C)cc21. The summed E-state index contributed by atoms with van der Waals surface area (Å²) in [5.74, 6) is -0.390. The number of thiazole rings is 1. The molecule has 1 aromatic heterocycles. The van der Waals surface area contributed by atoms with Crippen molar-refractivity contribution in [3.8, 4) is 0 Å². The van der Waals surface area contributed by atoms with E-state index in [0.717, 1.165) is 10.2 Å². The molecule has 0 bridgehead atoms. The number of rotatable bonds is 5. The predicted octanol–water partition coefficient (Wildman–Crippen LogP) is 4.11. The molecule has 0 N–H and O–H groups in total. The van der Waals surface area contributed by atoms with Gasteiger partial charge in [-0.15, -0.1) is 0 Å². The van der Waals surface area contributed by atoms with Crippen LogP contribution in [0.2, 0.25) is 0 Å². The zero-order valence-corrected chi connectivity index (χ0v) is 19.8. The fourth-order valence-corrected chi connectivity index (χ4v) is 5.62. The van der Waals surface area contributed by atoms with Crippen molar-refractivity contribution in [2.24, 2.45) is 4.99 Å². The van der Waals surface area contributed by atoms with Gasteiger partial charge < -0.3 is 4.57 Å². The molecule has 0 aliphatic heterocycles. The van der Waals surface area contributed by atoms with Crippen molar-refractivity contribution in [2.45, 2.75) is 52.1 Å². The molecule has 1 amide bonds. The Morgan fingerprint density at radius 3 is 2.30 bits per heavy atom. The van der Waals surface area contributed by atoms with Gasteiger partial charge in [0.1, 0.15) is 0 Å². The molecule has 6 nitrogen and oxygen atoms in total. The molecule has 2 aromatic carbocycles. The lowest BCUT2D eigenvalue weighted by atomic mass is 10.1. The number of hydrogen-bond donors (Lipinski definition) is 0. The lowest BCUT2D eigenvalue weighted by Gasteiger charge is -2.20. The van der Waals surface area contributed by atoms with Crippen molar-refractivity contribution in [1.82, 2.24) is 8.87 Å². The first kappa shape index (κ1) is 22.4. The second-order valence-corrected chi connectivity index (χ2v) is 10.6. The molecule has 1 heterocycles. The molecule has 0 fully saturated rings. The fraction of sp³-hybridized carbons (Fsp3) is 0.364. The predicted molar refractivity (Wildman–Crippen MR) is 121 cm³/mol. The first-order chi connectivity index (χ1) is 14.1. The van der Waals surface area contributed by atoms with Crippen LogP contribution < -0.4 is 4.80 Å². The highest BCUT2D eigenvalue weighted by atomic mass is 32.2. The Hall–Kier alpha value is -2.29. The van der Waals surface area contributed by atoms with Crippen molar-refractivity contribution in [2.75, 3.05) is 7.05 Å². The zero-order chi connectivity index (χ0) is 22.2. The number of aromatic nitrogens is 1. The van der Waals surface area contributed by atoms with Gasteiger partial charge in [-0.05, 0) is 82.1 Å². The Balaban J connectivity index is 1.99. The molecule has 3 rings (SSSR count). The standard InChI is InChI=1S/C22H27N3O3S2/c1-7-25-19-12-15(4)16(5)13-20(19)29-22(25)23-21(26)17-8-10-18(11-9-17)30(27,28)24(6)14(2)3/h8-14H,7H2,1-6H3. The summed E-state index contributed by atoms with van der Waals surface area (Å²) in [6.45, 7) is 10.5. The highest BCUT2D eigenvalue weighted by Crippen LogP contribution is 2.22. The molecular weight excluding hydrogens is 418 g/mol. The van der Waals surface area contributed by atoms with Crippen molar-refractivity contribution in [3.05, 3.63) is 57.9 Å². The van der Waals surface area contributed by atoms with Gasteiger partial charge in [-0.2, -0.15) is 9.30 Å². The first-order valence-corrected chi connectivity index (χ1v) is 12.1. The molecule has 0 radical (unpaired) electrons. The molecule has 0 spiro atoms. The average molecular weight is 446 g/mol. The lowest BCUT2D eigenvalue weighted by Crippen LogP contribution is -2.33. The average Bonchev–Trinajstić information content (AvgIpc) is 3.03. The second kappa shape index (κ2) is 8.45. The van der Waals surface area contributed by atoms with Gasteiger partial charge in [0.2, 0.25) is 10.0 Å². The van der Waals surface area contributed by atoms with Crippen molar-refractivity contribution >= 4 is 37.5 Å². The number of carbonyl (C=O) groups is 1. The monoisotopic (exact) mass is 445 g/mol. The van der Waals surface area contributed by atoms with Crippen molar-refractivity contribution in [1.29, 1.82) is 0 Å². The number of nitrogens with zero attached hydrogens (tertiary/aromatic N) is 3. The van der Waals surface area contributed by atoms with Crippen LogP contribution in [-0.4, -0.2) is 36.3 Å². The minimum Gasteiger partial charge on any atom is -0.317 e. The minimum absolute atomic E-state index is 0.156.